The van der Waals surface area contributed by atoms with Crippen molar-refractivity contribution in [3.05, 3.63) is 90.0 Å². The predicted octanol–water partition coefficient (Wildman–Crippen LogP) is 5.34. The van der Waals surface area contributed by atoms with E-state index in [0.29, 0.717) is 17.6 Å². The van der Waals surface area contributed by atoms with Crippen LogP contribution in [0, 0.1) is 5.92 Å². The molecule has 0 unspecified atom stereocenters. The molecule has 2 aliphatic rings. The molecular formula is C24H25N3S. The average Bonchev–Trinajstić information content (AvgIpc) is 3.14. The van der Waals surface area contributed by atoms with Gasteiger partial charge in [-0.25, -0.2) is 5.01 Å². The second-order valence-electron chi connectivity index (χ2n) is 7.24. The molecule has 1 saturated carbocycles. The summed E-state index contributed by atoms with van der Waals surface area (Å²) in [6, 6.07) is 21.3. The zero-order valence-corrected chi connectivity index (χ0v) is 16.7. The highest BCUT2D eigenvalue weighted by molar-refractivity contribution is 7.80. The van der Waals surface area contributed by atoms with Crippen LogP contribution in [0.2, 0.25) is 0 Å². The van der Waals surface area contributed by atoms with Crippen molar-refractivity contribution in [1.29, 1.82) is 0 Å². The van der Waals surface area contributed by atoms with Gasteiger partial charge in [0.2, 0.25) is 0 Å². The monoisotopic (exact) mass is 387 g/mol. The van der Waals surface area contributed by atoms with Crippen LogP contribution in [-0.2, 0) is 0 Å². The number of thiocarbonyl (C=S) groups is 1. The summed E-state index contributed by atoms with van der Waals surface area (Å²) in [7, 11) is 0. The fourth-order valence-corrected chi connectivity index (χ4v) is 4.38. The van der Waals surface area contributed by atoms with E-state index < -0.39 is 0 Å². The lowest BCUT2D eigenvalue weighted by atomic mass is 9.77. The number of nitrogens with zero attached hydrogens (tertiary/aromatic N) is 2. The van der Waals surface area contributed by atoms with E-state index in [0.717, 1.165) is 12.8 Å². The quantitative estimate of drug-likeness (QED) is 0.566. The molecule has 4 heteroatoms. The van der Waals surface area contributed by atoms with Gasteiger partial charge in [-0.15, -0.1) is 6.58 Å². The van der Waals surface area contributed by atoms with Gasteiger partial charge in [-0.1, -0.05) is 66.7 Å². The van der Waals surface area contributed by atoms with Crippen LogP contribution in [0.15, 0.2) is 84.0 Å². The summed E-state index contributed by atoms with van der Waals surface area (Å²) in [6.07, 6.45) is 7.47. The van der Waals surface area contributed by atoms with Gasteiger partial charge in [-0.3, -0.25) is 0 Å². The molecule has 142 valence electrons. The Labute approximate surface area is 172 Å². The highest BCUT2D eigenvalue weighted by Crippen LogP contribution is 2.44. The standard InChI is InChI=1S/C24H25N3S/c1-2-16-25-24(28)27-23(19-12-7-4-8-13-19)21-15-9-14-20(22(21)26-27)17-18-10-5-3-6-11-18/h2-8,10-13,17,21,23H,1,9,14-16H2,(H,25,28)/b20-17-/t21-,23-/m1/s1. The zero-order chi connectivity index (χ0) is 19.3. The third kappa shape index (κ3) is 3.78. The van der Waals surface area contributed by atoms with Gasteiger partial charge < -0.3 is 5.32 Å². The highest BCUT2D eigenvalue weighted by atomic mass is 32.1. The van der Waals surface area contributed by atoms with Gasteiger partial charge in [-0.2, -0.15) is 5.10 Å². The van der Waals surface area contributed by atoms with E-state index >= 15 is 0 Å². The number of hydrogen-bond donors (Lipinski definition) is 1. The van der Waals surface area contributed by atoms with Gasteiger partial charge in [0.05, 0.1) is 11.8 Å². The molecule has 1 fully saturated rings. The molecule has 28 heavy (non-hydrogen) atoms. The van der Waals surface area contributed by atoms with Crippen LogP contribution in [-0.4, -0.2) is 22.4 Å². The van der Waals surface area contributed by atoms with Crippen molar-refractivity contribution < 1.29 is 0 Å². The zero-order valence-electron chi connectivity index (χ0n) is 15.9. The summed E-state index contributed by atoms with van der Waals surface area (Å²) >= 11 is 5.69. The van der Waals surface area contributed by atoms with Crippen LogP contribution in [0.3, 0.4) is 0 Å². The summed E-state index contributed by atoms with van der Waals surface area (Å²) in [4.78, 5) is 0. The van der Waals surface area contributed by atoms with Crippen molar-refractivity contribution in [2.45, 2.75) is 25.3 Å². The predicted molar refractivity (Wildman–Crippen MR) is 121 cm³/mol. The minimum Gasteiger partial charge on any atom is -0.358 e. The molecule has 2 aromatic carbocycles. The van der Waals surface area contributed by atoms with Crippen LogP contribution in [0.25, 0.3) is 6.08 Å². The third-order valence-electron chi connectivity index (χ3n) is 5.39. The number of nitrogens with one attached hydrogen (secondary N) is 1. The Morgan fingerprint density at radius 2 is 1.86 bits per heavy atom. The number of allylic oxidation sites excluding steroid dienone is 1. The second kappa shape index (κ2) is 8.53. The highest BCUT2D eigenvalue weighted by Gasteiger charge is 2.42. The summed E-state index contributed by atoms with van der Waals surface area (Å²) in [5, 5.41) is 11.0. The molecule has 0 amide bonds. The largest absolute Gasteiger partial charge is 0.358 e. The van der Waals surface area contributed by atoms with E-state index in [1.807, 2.05) is 11.1 Å². The van der Waals surface area contributed by atoms with Crippen molar-refractivity contribution in [2.75, 3.05) is 6.54 Å². The Hall–Kier alpha value is -2.72. The Morgan fingerprint density at radius 3 is 2.57 bits per heavy atom. The Kier molecular flexibility index (Phi) is 5.68. The van der Waals surface area contributed by atoms with Gasteiger partial charge in [0.15, 0.2) is 5.11 Å². The van der Waals surface area contributed by atoms with Crippen molar-refractivity contribution in [1.82, 2.24) is 10.3 Å². The van der Waals surface area contributed by atoms with E-state index in [1.54, 1.807) is 0 Å². The lowest BCUT2D eigenvalue weighted by molar-refractivity contribution is 0.301. The molecule has 0 aromatic heterocycles. The minimum atomic E-state index is 0.139. The lowest BCUT2D eigenvalue weighted by Crippen LogP contribution is -2.38. The molecule has 3 nitrogen and oxygen atoms in total. The first-order valence-electron chi connectivity index (χ1n) is 9.85. The van der Waals surface area contributed by atoms with E-state index in [1.165, 1.54) is 28.8 Å². The third-order valence-corrected chi connectivity index (χ3v) is 5.72. The Balaban J connectivity index is 1.72. The SMILES string of the molecule is C=CCNC(=S)N1N=C2/C(=C\c3ccccc3)CCC[C@H]2[C@H]1c1ccccc1. The van der Waals surface area contributed by atoms with E-state index in [9.17, 15) is 0 Å². The van der Waals surface area contributed by atoms with Gasteiger partial charge in [-0.05, 0) is 54.3 Å². The number of rotatable bonds is 4. The van der Waals surface area contributed by atoms with Crippen LogP contribution in [0.1, 0.15) is 36.4 Å². The average molecular weight is 388 g/mol. The molecule has 0 radical (unpaired) electrons. The Morgan fingerprint density at radius 1 is 1.14 bits per heavy atom. The number of hydrazone groups is 1. The molecular weight excluding hydrogens is 362 g/mol. The fraction of sp³-hybridized carbons (Fsp3) is 0.250. The first-order valence-corrected chi connectivity index (χ1v) is 10.3. The normalized spacial score (nSPS) is 22.5. The van der Waals surface area contributed by atoms with Crippen molar-refractivity contribution in [2.24, 2.45) is 11.0 Å². The van der Waals surface area contributed by atoms with Crippen molar-refractivity contribution in [3.63, 3.8) is 0 Å². The first kappa shape index (κ1) is 18.6. The van der Waals surface area contributed by atoms with Gasteiger partial charge in [0, 0.05) is 12.5 Å². The molecule has 2 aromatic rings. The van der Waals surface area contributed by atoms with Crippen LogP contribution < -0.4 is 5.32 Å². The molecule has 1 aliphatic carbocycles. The summed E-state index contributed by atoms with van der Waals surface area (Å²) in [5.74, 6) is 0.356. The van der Waals surface area contributed by atoms with Gasteiger partial charge >= 0.3 is 0 Å². The maximum Gasteiger partial charge on any atom is 0.190 e. The molecule has 0 spiro atoms. The molecule has 4 rings (SSSR count). The maximum absolute atomic E-state index is 5.69. The Bertz CT molecular complexity index is 902. The van der Waals surface area contributed by atoms with Gasteiger partial charge in [0.1, 0.15) is 0 Å². The number of hydrogen-bond acceptors (Lipinski definition) is 2. The van der Waals surface area contributed by atoms with Crippen LogP contribution in [0.4, 0.5) is 0 Å². The summed E-state index contributed by atoms with van der Waals surface area (Å²) < 4.78 is 0. The molecule has 1 heterocycles. The second-order valence-corrected chi connectivity index (χ2v) is 7.63. The van der Waals surface area contributed by atoms with E-state index in [2.05, 4.69) is 78.6 Å². The summed E-state index contributed by atoms with van der Waals surface area (Å²) in [6.45, 7) is 4.42. The summed E-state index contributed by atoms with van der Waals surface area (Å²) in [5.41, 5.74) is 5.00. The fourth-order valence-electron chi connectivity index (χ4n) is 4.14. The van der Waals surface area contributed by atoms with Crippen molar-refractivity contribution >= 4 is 29.1 Å². The first-order chi connectivity index (χ1) is 13.8. The minimum absolute atomic E-state index is 0.139. The molecule has 0 saturated heterocycles. The smallest absolute Gasteiger partial charge is 0.190 e. The van der Waals surface area contributed by atoms with E-state index in [4.69, 9.17) is 17.3 Å². The van der Waals surface area contributed by atoms with Crippen LogP contribution >= 0.6 is 12.2 Å². The van der Waals surface area contributed by atoms with Gasteiger partial charge in [0.25, 0.3) is 0 Å². The maximum atomic E-state index is 5.69. The molecule has 0 bridgehead atoms. The molecule has 1 N–H and O–H groups in total. The molecule has 2 atom stereocenters. The lowest BCUT2D eigenvalue weighted by Gasteiger charge is -2.30. The van der Waals surface area contributed by atoms with E-state index in [-0.39, 0.29) is 6.04 Å². The van der Waals surface area contributed by atoms with Crippen LogP contribution in [0.5, 0.6) is 0 Å². The molecule has 1 aliphatic heterocycles. The topological polar surface area (TPSA) is 27.6 Å². The number of fused-ring (bicyclic) bond motifs is 1. The van der Waals surface area contributed by atoms with Crippen molar-refractivity contribution in [3.8, 4) is 0 Å². The number of benzene rings is 2.